The molecular weight excluding hydrogens is 316 g/mol. The molecule has 5 heteroatoms. The molecule has 0 saturated carbocycles. The van der Waals surface area contributed by atoms with Gasteiger partial charge in [0.25, 0.3) is 5.56 Å². The van der Waals surface area contributed by atoms with Crippen LogP contribution >= 0.6 is 0 Å². The summed E-state index contributed by atoms with van der Waals surface area (Å²) in [5.41, 5.74) is 3.57. The molecule has 0 radical (unpaired) electrons. The van der Waals surface area contributed by atoms with Crippen molar-refractivity contribution in [2.45, 2.75) is 13.2 Å². The van der Waals surface area contributed by atoms with Crippen LogP contribution in [0, 0.1) is 0 Å². The van der Waals surface area contributed by atoms with E-state index < -0.39 is 0 Å². The van der Waals surface area contributed by atoms with Crippen LogP contribution in [-0.4, -0.2) is 24.0 Å². The lowest BCUT2D eigenvalue weighted by atomic mass is 10.1. The van der Waals surface area contributed by atoms with Gasteiger partial charge in [0, 0.05) is 18.7 Å². The van der Waals surface area contributed by atoms with Gasteiger partial charge in [0.15, 0.2) is 0 Å². The van der Waals surface area contributed by atoms with Gasteiger partial charge in [0.1, 0.15) is 5.75 Å². The van der Waals surface area contributed by atoms with E-state index in [1.807, 2.05) is 48.5 Å². The molecule has 0 N–H and O–H groups in total. The highest BCUT2D eigenvalue weighted by Gasteiger charge is 2.06. The van der Waals surface area contributed by atoms with Gasteiger partial charge in [-0.25, -0.2) is 4.68 Å². The molecule has 0 saturated heterocycles. The number of benzene rings is 2. The van der Waals surface area contributed by atoms with Gasteiger partial charge in [0.05, 0.1) is 26.0 Å². The lowest BCUT2D eigenvalue weighted by Crippen LogP contribution is -2.22. The Balaban J connectivity index is 1.92. The zero-order valence-electron chi connectivity index (χ0n) is 14.3. The second-order valence-electron chi connectivity index (χ2n) is 5.70. The molecule has 128 valence electrons. The maximum Gasteiger partial charge on any atom is 0.267 e. The van der Waals surface area contributed by atoms with E-state index in [9.17, 15) is 4.79 Å². The van der Waals surface area contributed by atoms with E-state index >= 15 is 0 Å². The van der Waals surface area contributed by atoms with Crippen molar-refractivity contribution in [1.29, 1.82) is 0 Å². The fourth-order valence-corrected chi connectivity index (χ4v) is 2.66. The van der Waals surface area contributed by atoms with Crippen LogP contribution in [0.4, 0.5) is 0 Å². The van der Waals surface area contributed by atoms with Gasteiger partial charge in [-0.2, -0.15) is 5.10 Å². The zero-order valence-corrected chi connectivity index (χ0v) is 14.3. The molecule has 0 aliphatic carbocycles. The Morgan fingerprint density at radius 2 is 1.76 bits per heavy atom. The molecule has 0 atom stereocenters. The third kappa shape index (κ3) is 4.14. The Morgan fingerprint density at radius 3 is 2.56 bits per heavy atom. The minimum absolute atomic E-state index is 0.135. The molecule has 0 unspecified atom stereocenters. The van der Waals surface area contributed by atoms with Gasteiger partial charge in [-0.3, -0.25) is 4.79 Å². The molecule has 0 fully saturated rings. The van der Waals surface area contributed by atoms with Crippen molar-refractivity contribution >= 4 is 0 Å². The zero-order chi connectivity index (χ0) is 17.6. The molecular formula is C20H20N2O3. The fourth-order valence-electron chi connectivity index (χ4n) is 2.66. The highest BCUT2D eigenvalue weighted by atomic mass is 16.5. The maximum atomic E-state index is 12.2. The topological polar surface area (TPSA) is 53.4 Å². The van der Waals surface area contributed by atoms with Gasteiger partial charge in [-0.15, -0.1) is 0 Å². The SMILES string of the molecule is COCc1cccc(Cn2nc(-c3cccc(OC)c3)ccc2=O)c1. The normalized spacial score (nSPS) is 10.6. The van der Waals surface area contributed by atoms with Gasteiger partial charge in [-0.1, -0.05) is 36.4 Å². The molecule has 1 aromatic heterocycles. The minimum atomic E-state index is -0.135. The molecule has 0 bridgehead atoms. The number of hydrogen-bond donors (Lipinski definition) is 0. The fraction of sp³-hybridized carbons (Fsp3) is 0.200. The monoisotopic (exact) mass is 336 g/mol. The smallest absolute Gasteiger partial charge is 0.267 e. The summed E-state index contributed by atoms with van der Waals surface area (Å²) in [6.07, 6.45) is 0. The first-order valence-electron chi connectivity index (χ1n) is 7.99. The second-order valence-corrected chi connectivity index (χ2v) is 5.70. The summed E-state index contributed by atoms with van der Waals surface area (Å²) in [5.74, 6) is 0.754. The molecule has 25 heavy (non-hydrogen) atoms. The first kappa shape index (κ1) is 16.9. The van der Waals surface area contributed by atoms with Crippen LogP contribution in [0.25, 0.3) is 11.3 Å². The van der Waals surface area contributed by atoms with E-state index in [4.69, 9.17) is 9.47 Å². The van der Waals surface area contributed by atoms with Crippen molar-refractivity contribution < 1.29 is 9.47 Å². The van der Waals surface area contributed by atoms with Crippen molar-refractivity contribution in [2.75, 3.05) is 14.2 Å². The number of methoxy groups -OCH3 is 2. The number of ether oxygens (including phenoxy) is 2. The van der Waals surface area contributed by atoms with Crippen molar-refractivity contribution in [1.82, 2.24) is 9.78 Å². The summed E-state index contributed by atoms with van der Waals surface area (Å²) in [5, 5.41) is 4.51. The van der Waals surface area contributed by atoms with Crippen molar-refractivity contribution in [3.8, 4) is 17.0 Å². The molecule has 3 rings (SSSR count). The molecule has 0 amide bonds. The molecule has 2 aromatic carbocycles. The number of nitrogens with zero attached hydrogens (tertiary/aromatic N) is 2. The minimum Gasteiger partial charge on any atom is -0.497 e. The molecule has 0 aliphatic heterocycles. The van der Waals surface area contributed by atoms with Crippen molar-refractivity contribution in [3.05, 3.63) is 82.1 Å². The Labute approximate surface area is 146 Å². The highest BCUT2D eigenvalue weighted by Crippen LogP contribution is 2.21. The molecule has 0 spiro atoms. The van der Waals surface area contributed by atoms with E-state index in [1.54, 1.807) is 26.4 Å². The van der Waals surface area contributed by atoms with Crippen LogP contribution in [0.2, 0.25) is 0 Å². The van der Waals surface area contributed by atoms with Gasteiger partial charge in [0.2, 0.25) is 0 Å². The molecule has 0 aliphatic rings. The molecule has 1 heterocycles. The summed E-state index contributed by atoms with van der Waals surface area (Å²) >= 11 is 0. The van der Waals surface area contributed by atoms with Crippen LogP contribution in [-0.2, 0) is 17.9 Å². The van der Waals surface area contributed by atoms with E-state index in [0.29, 0.717) is 13.2 Å². The average Bonchev–Trinajstić information content (AvgIpc) is 2.64. The van der Waals surface area contributed by atoms with Gasteiger partial charge in [-0.05, 0) is 29.3 Å². The Morgan fingerprint density at radius 1 is 0.960 bits per heavy atom. The predicted molar refractivity (Wildman–Crippen MR) is 96.7 cm³/mol. The Hall–Kier alpha value is -2.92. The summed E-state index contributed by atoms with van der Waals surface area (Å²) in [7, 11) is 3.29. The Kier molecular flexibility index (Phi) is 5.26. The van der Waals surface area contributed by atoms with Crippen LogP contribution in [0.3, 0.4) is 0 Å². The summed E-state index contributed by atoms with van der Waals surface area (Å²) < 4.78 is 11.9. The largest absolute Gasteiger partial charge is 0.497 e. The van der Waals surface area contributed by atoms with E-state index in [2.05, 4.69) is 5.10 Å². The summed E-state index contributed by atoms with van der Waals surface area (Å²) in [4.78, 5) is 12.2. The van der Waals surface area contributed by atoms with Crippen LogP contribution in [0.1, 0.15) is 11.1 Å². The Bertz CT molecular complexity index is 919. The van der Waals surface area contributed by atoms with Crippen molar-refractivity contribution in [3.63, 3.8) is 0 Å². The van der Waals surface area contributed by atoms with E-state index in [0.717, 1.165) is 28.1 Å². The number of aromatic nitrogens is 2. The van der Waals surface area contributed by atoms with E-state index in [1.165, 1.54) is 4.68 Å². The third-order valence-corrected chi connectivity index (χ3v) is 3.87. The van der Waals surface area contributed by atoms with Crippen molar-refractivity contribution in [2.24, 2.45) is 0 Å². The first-order valence-corrected chi connectivity index (χ1v) is 7.99. The lowest BCUT2D eigenvalue weighted by Gasteiger charge is -2.09. The second kappa shape index (κ2) is 7.77. The maximum absolute atomic E-state index is 12.2. The van der Waals surface area contributed by atoms with Gasteiger partial charge >= 0.3 is 0 Å². The summed E-state index contributed by atoms with van der Waals surface area (Å²) in [6, 6.07) is 18.9. The average molecular weight is 336 g/mol. The first-order chi connectivity index (χ1) is 12.2. The third-order valence-electron chi connectivity index (χ3n) is 3.87. The predicted octanol–water partition coefficient (Wildman–Crippen LogP) is 3.11. The van der Waals surface area contributed by atoms with Crippen LogP contribution in [0.15, 0.2) is 65.5 Å². The lowest BCUT2D eigenvalue weighted by molar-refractivity contribution is 0.185. The van der Waals surface area contributed by atoms with E-state index in [-0.39, 0.29) is 5.56 Å². The highest BCUT2D eigenvalue weighted by molar-refractivity contribution is 5.60. The quantitative estimate of drug-likeness (QED) is 0.694. The van der Waals surface area contributed by atoms with Crippen LogP contribution in [0.5, 0.6) is 5.75 Å². The van der Waals surface area contributed by atoms with Gasteiger partial charge < -0.3 is 9.47 Å². The number of rotatable bonds is 6. The standard InChI is InChI=1S/C20H20N2O3/c1-24-14-16-6-3-5-15(11-16)13-22-20(23)10-9-19(21-22)17-7-4-8-18(12-17)25-2/h3-12H,13-14H2,1-2H3. The summed E-state index contributed by atoms with van der Waals surface area (Å²) in [6.45, 7) is 0.953. The van der Waals surface area contributed by atoms with Crippen LogP contribution < -0.4 is 10.3 Å². The molecule has 3 aromatic rings. The molecule has 5 nitrogen and oxygen atoms in total. The number of hydrogen-bond acceptors (Lipinski definition) is 4.